The van der Waals surface area contributed by atoms with Crippen molar-refractivity contribution < 1.29 is 9.84 Å². The van der Waals surface area contributed by atoms with Crippen LogP contribution >= 0.6 is 0 Å². The van der Waals surface area contributed by atoms with Gasteiger partial charge in [-0.1, -0.05) is 18.2 Å². The molecule has 0 spiro atoms. The van der Waals surface area contributed by atoms with Gasteiger partial charge in [0.05, 0.1) is 25.3 Å². The van der Waals surface area contributed by atoms with Crippen LogP contribution in [-0.4, -0.2) is 53.4 Å². The zero-order valence-electron chi connectivity index (χ0n) is 13.9. The molecule has 1 aromatic heterocycles. The molecule has 0 saturated carbocycles. The fourth-order valence-electron chi connectivity index (χ4n) is 3.01. The van der Waals surface area contributed by atoms with E-state index in [4.69, 9.17) is 4.74 Å². The van der Waals surface area contributed by atoms with Gasteiger partial charge in [0.1, 0.15) is 5.82 Å². The third-order valence-electron chi connectivity index (χ3n) is 4.53. The Balaban J connectivity index is 1.77. The summed E-state index contributed by atoms with van der Waals surface area (Å²) in [6.07, 6.45) is 0. The molecule has 0 aliphatic carbocycles. The Morgan fingerprint density at radius 1 is 1.26 bits per heavy atom. The van der Waals surface area contributed by atoms with Crippen LogP contribution < -0.4 is 5.32 Å². The monoisotopic (exact) mass is 315 g/mol. The van der Waals surface area contributed by atoms with Crippen LogP contribution in [0.25, 0.3) is 10.9 Å². The molecule has 1 aliphatic heterocycles. The maximum absolute atomic E-state index is 9.65. The van der Waals surface area contributed by atoms with Gasteiger partial charge in [0.15, 0.2) is 0 Å². The Labute approximate surface area is 137 Å². The molecule has 124 valence electrons. The van der Waals surface area contributed by atoms with Gasteiger partial charge in [-0.05, 0) is 26.0 Å². The number of aliphatic hydroxyl groups is 1. The third kappa shape index (κ3) is 3.63. The predicted octanol–water partition coefficient (Wildman–Crippen LogP) is 2.25. The van der Waals surface area contributed by atoms with E-state index >= 15 is 0 Å². The largest absolute Gasteiger partial charge is 0.392 e. The lowest BCUT2D eigenvalue weighted by molar-refractivity contribution is -0.00571. The van der Waals surface area contributed by atoms with Gasteiger partial charge in [0.2, 0.25) is 0 Å². The Kier molecular flexibility index (Phi) is 4.80. The molecule has 5 nitrogen and oxygen atoms in total. The maximum atomic E-state index is 9.65. The average Bonchev–Trinajstić information content (AvgIpc) is 2.60. The van der Waals surface area contributed by atoms with E-state index in [-0.39, 0.29) is 12.1 Å². The number of ether oxygens (including phenoxy) is 1. The second-order valence-corrected chi connectivity index (χ2v) is 6.61. The highest BCUT2D eigenvalue weighted by Crippen LogP contribution is 2.22. The summed E-state index contributed by atoms with van der Waals surface area (Å²) in [7, 11) is 0. The van der Waals surface area contributed by atoms with Crippen LogP contribution in [0.15, 0.2) is 30.3 Å². The van der Waals surface area contributed by atoms with Crippen LogP contribution in [0, 0.1) is 0 Å². The van der Waals surface area contributed by atoms with Crippen LogP contribution in [0.3, 0.4) is 0 Å². The molecule has 0 unspecified atom stereocenters. The summed E-state index contributed by atoms with van der Waals surface area (Å²) in [5.41, 5.74) is 1.78. The number of anilines is 1. The first-order valence-corrected chi connectivity index (χ1v) is 8.16. The van der Waals surface area contributed by atoms with Gasteiger partial charge in [-0.3, -0.25) is 4.90 Å². The molecule has 0 atom stereocenters. The molecule has 0 bridgehead atoms. The fraction of sp³-hybridized carbons (Fsp3) is 0.500. The van der Waals surface area contributed by atoms with Crippen molar-refractivity contribution in [2.45, 2.75) is 26.0 Å². The molecule has 1 saturated heterocycles. The minimum atomic E-state index is -0.0157. The van der Waals surface area contributed by atoms with E-state index in [9.17, 15) is 5.11 Å². The average molecular weight is 315 g/mol. The standard InChI is InChI=1S/C18H25N3O2/c1-18(2,21-7-9-23-10-8-21)13-19-17-15(12-22)11-14-5-3-4-6-16(14)20-17/h3-6,11,22H,7-10,12-13H2,1-2H3,(H,19,20). The second kappa shape index (κ2) is 6.83. The first-order valence-electron chi connectivity index (χ1n) is 8.16. The number of para-hydroxylation sites is 1. The summed E-state index contributed by atoms with van der Waals surface area (Å²) >= 11 is 0. The Morgan fingerprint density at radius 3 is 2.74 bits per heavy atom. The number of fused-ring (bicyclic) bond motifs is 1. The van der Waals surface area contributed by atoms with Crippen molar-refractivity contribution in [2.24, 2.45) is 0 Å². The first-order chi connectivity index (χ1) is 11.1. The van der Waals surface area contributed by atoms with Crippen molar-refractivity contribution in [2.75, 3.05) is 38.2 Å². The minimum absolute atomic E-state index is 0.00380. The number of hydrogen-bond acceptors (Lipinski definition) is 5. The highest BCUT2D eigenvalue weighted by molar-refractivity contribution is 5.81. The van der Waals surface area contributed by atoms with Crippen LogP contribution in [0.2, 0.25) is 0 Å². The Morgan fingerprint density at radius 2 is 2.00 bits per heavy atom. The summed E-state index contributed by atoms with van der Waals surface area (Å²) in [6.45, 7) is 8.69. The Hall–Kier alpha value is -1.69. The number of aliphatic hydroxyl groups excluding tert-OH is 1. The molecule has 0 amide bonds. The van der Waals surface area contributed by atoms with Crippen molar-refractivity contribution in [1.82, 2.24) is 9.88 Å². The van der Waals surface area contributed by atoms with Gasteiger partial charge in [0.25, 0.3) is 0 Å². The molecule has 23 heavy (non-hydrogen) atoms. The van der Waals surface area contributed by atoms with Gasteiger partial charge < -0.3 is 15.2 Å². The summed E-state index contributed by atoms with van der Waals surface area (Å²) in [4.78, 5) is 7.11. The lowest BCUT2D eigenvalue weighted by Crippen LogP contribution is -2.53. The lowest BCUT2D eigenvalue weighted by atomic mass is 10.0. The minimum Gasteiger partial charge on any atom is -0.392 e. The number of hydrogen-bond donors (Lipinski definition) is 2. The highest BCUT2D eigenvalue weighted by Gasteiger charge is 2.28. The van der Waals surface area contributed by atoms with Crippen LogP contribution in [0.4, 0.5) is 5.82 Å². The summed E-state index contributed by atoms with van der Waals surface area (Å²) in [5.74, 6) is 0.771. The van der Waals surface area contributed by atoms with E-state index in [1.165, 1.54) is 0 Å². The number of nitrogens with one attached hydrogen (secondary N) is 1. The molecular formula is C18H25N3O2. The molecule has 5 heteroatoms. The van der Waals surface area contributed by atoms with Crippen molar-refractivity contribution in [1.29, 1.82) is 0 Å². The molecule has 1 fully saturated rings. The quantitative estimate of drug-likeness (QED) is 0.886. The number of pyridine rings is 1. The van der Waals surface area contributed by atoms with E-state index in [1.807, 2.05) is 30.3 Å². The number of morpholine rings is 1. The van der Waals surface area contributed by atoms with E-state index < -0.39 is 0 Å². The first kappa shape index (κ1) is 16.2. The van der Waals surface area contributed by atoms with Crippen LogP contribution in [0.1, 0.15) is 19.4 Å². The number of nitrogens with zero attached hydrogens (tertiary/aromatic N) is 2. The van der Waals surface area contributed by atoms with Gasteiger partial charge >= 0.3 is 0 Å². The number of aromatic nitrogens is 1. The van der Waals surface area contributed by atoms with Gasteiger partial charge in [-0.2, -0.15) is 0 Å². The molecule has 3 rings (SSSR count). The SMILES string of the molecule is CC(C)(CNc1nc2ccccc2cc1CO)N1CCOCC1. The zero-order chi connectivity index (χ0) is 16.3. The maximum Gasteiger partial charge on any atom is 0.132 e. The Bertz CT molecular complexity index is 666. The predicted molar refractivity (Wildman–Crippen MR) is 92.6 cm³/mol. The summed E-state index contributed by atoms with van der Waals surface area (Å²) in [5, 5.41) is 14.1. The van der Waals surface area contributed by atoms with E-state index in [1.54, 1.807) is 0 Å². The normalized spacial score (nSPS) is 16.7. The lowest BCUT2D eigenvalue weighted by Gasteiger charge is -2.41. The second-order valence-electron chi connectivity index (χ2n) is 6.61. The molecule has 2 aromatic rings. The van der Waals surface area contributed by atoms with Crippen molar-refractivity contribution in [3.8, 4) is 0 Å². The molecule has 1 aromatic carbocycles. The van der Waals surface area contributed by atoms with Crippen molar-refractivity contribution >= 4 is 16.7 Å². The van der Waals surface area contributed by atoms with Crippen molar-refractivity contribution in [3.63, 3.8) is 0 Å². The molecular weight excluding hydrogens is 290 g/mol. The van der Waals surface area contributed by atoms with Gasteiger partial charge in [0, 0.05) is 36.1 Å². The molecule has 2 heterocycles. The van der Waals surface area contributed by atoms with Crippen molar-refractivity contribution in [3.05, 3.63) is 35.9 Å². The molecule has 1 aliphatic rings. The molecule has 0 radical (unpaired) electrons. The van der Waals surface area contributed by atoms with E-state index in [0.29, 0.717) is 0 Å². The summed E-state index contributed by atoms with van der Waals surface area (Å²) < 4.78 is 5.43. The van der Waals surface area contributed by atoms with E-state index in [2.05, 4.69) is 29.0 Å². The van der Waals surface area contributed by atoms with E-state index in [0.717, 1.165) is 55.1 Å². The highest BCUT2D eigenvalue weighted by atomic mass is 16.5. The van der Waals surface area contributed by atoms with Gasteiger partial charge in [-0.25, -0.2) is 4.98 Å². The number of rotatable bonds is 5. The zero-order valence-corrected chi connectivity index (χ0v) is 13.9. The third-order valence-corrected chi connectivity index (χ3v) is 4.53. The number of benzene rings is 1. The van der Waals surface area contributed by atoms with Gasteiger partial charge in [-0.15, -0.1) is 0 Å². The topological polar surface area (TPSA) is 57.6 Å². The molecule has 2 N–H and O–H groups in total. The fourth-order valence-corrected chi connectivity index (χ4v) is 3.01. The summed E-state index contributed by atoms with van der Waals surface area (Å²) in [6, 6.07) is 9.99. The van der Waals surface area contributed by atoms with Crippen LogP contribution in [-0.2, 0) is 11.3 Å². The smallest absolute Gasteiger partial charge is 0.132 e. The van der Waals surface area contributed by atoms with Crippen LogP contribution in [0.5, 0.6) is 0 Å².